The summed E-state index contributed by atoms with van der Waals surface area (Å²) in [4.78, 5) is 0. The van der Waals surface area contributed by atoms with Crippen LogP contribution in [0.1, 0.15) is 39.4 Å². The lowest BCUT2D eigenvalue weighted by Crippen LogP contribution is -2.19. The summed E-state index contributed by atoms with van der Waals surface area (Å²) < 4.78 is 32.3. The Morgan fingerprint density at radius 3 is 2.29 bits per heavy atom. The van der Waals surface area contributed by atoms with Crippen LogP contribution in [-0.2, 0) is 0 Å². The molecule has 2 nitrogen and oxygen atoms in total. The zero-order chi connectivity index (χ0) is 13.2. The number of rotatable bonds is 3. The molecule has 0 amide bonds. The van der Waals surface area contributed by atoms with Crippen molar-refractivity contribution < 1.29 is 18.6 Å². The predicted molar refractivity (Wildman–Crippen MR) is 61.9 cm³/mol. The van der Waals surface area contributed by atoms with Crippen molar-refractivity contribution in [2.24, 2.45) is 5.41 Å². The molecule has 0 spiro atoms. The van der Waals surface area contributed by atoms with E-state index in [1.807, 2.05) is 0 Å². The number of ether oxygens (including phenoxy) is 1. The summed E-state index contributed by atoms with van der Waals surface area (Å²) in [5.41, 5.74) is -0.598. The predicted octanol–water partition coefficient (Wildman–Crippen LogP) is 3.44. The molecule has 1 N–H and O–H groups in total. The molecule has 4 heteroatoms. The molecule has 0 bridgehead atoms. The normalized spacial score (nSPS) is 13.6. The van der Waals surface area contributed by atoms with Crippen LogP contribution < -0.4 is 4.74 Å². The second-order valence-corrected chi connectivity index (χ2v) is 4.98. The molecular formula is C13H18F2O2. The van der Waals surface area contributed by atoms with Gasteiger partial charge in [-0.05, 0) is 24.5 Å². The molecule has 1 aromatic rings. The highest BCUT2D eigenvalue weighted by molar-refractivity contribution is 5.32. The Hall–Kier alpha value is -1.16. The Balaban J connectivity index is 3.17. The molecule has 0 saturated carbocycles. The molecular weight excluding hydrogens is 226 g/mol. The van der Waals surface area contributed by atoms with E-state index in [0.29, 0.717) is 0 Å². The Bertz CT molecular complexity index is 397. The summed E-state index contributed by atoms with van der Waals surface area (Å²) in [5.74, 6) is -2.22. The summed E-state index contributed by atoms with van der Waals surface area (Å²) >= 11 is 0. The highest BCUT2D eigenvalue weighted by Crippen LogP contribution is 2.36. The average molecular weight is 244 g/mol. The Labute approximate surface area is 100 Å². The second kappa shape index (κ2) is 5.00. The molecule has 0 fully saturated rings. The largest absolute Gasteiger partial charge is 0.491 e. The molecule has 0 aliphatic heterocycles. The highest BCUT2D eigenvalue weighted by Gasteiger charge is 2.28. The molecule has 0 aromatic heterocycles. The van der Waals surface area contributed by atoms with Crippen LogP contribution in [0, 0.1) is 17.0 Å². The van der Waals surface area contributed by atoms with E-state index < -0.39 is 23.2 Å². The number of hydrogen-bond donors (Lipinski definition) is 1. The van der Waals surface area contributed by atoms with Gasteiger partial charge in [-0.1, -0.05) is 20.8 Å². The fourth-order valence-electron chi connectivity index (χ4n) is 1.49. The van der Waals surface area contributed by atoms with Gasteiger partial charge in [-0.25, -0.2) is 4.39 Å². The molecule has 17 heavy (non-hydrogen) atoms. The van der Waals surface area contributed by atoms with Crippen LogP contribution in [0.4, 0.5) is 8.78 Å². The summed E-state index contributed by atoms with van der Waals surface area (Å²) in [7, 11) is 0. The molecule has 0 aliphatic carbocycles. The quantitative estimate of drug-likeness (QED) is 0.882. The van der Waals surface area contributed by atoms with Crippen molar-refractivity contribution in [3.8, 4) is 5.75 Å². The van der Waals surface area contributed by atoms with E-state index in [0.717, 1.165) is 0 Å². The Kier molecular flexibility index (Phi) is 4.09. The van der Waals surface area contributed by atoms with Gasteiger partial charge in [0.25, 0.3) is 0 Å². The molecule has 1 aromatic carbocycles. The summed E-state index contributed by atoms with van der Waals surface area (Å²) in [6, 6.07) is 2.70. The first-order valence-electron chi connectivity index (χ1n) is 5.57. The maximum absolute atomic E-state index is 13.8. The molecule has 0 saturated heterocycles. The van der Waals surface area contributed by atoms with Crippen LogP contribution in [0.2, 0.25) is 0 Å². The number of hydrogen-bond acceptors (Lipinski definition) is 2. The third-order valence-electron chi connectivity index (χ3n) is 2.49. The fraction of sp³-hybridized carbons (Fsp3) is 0.538. The number of benzene rings is 1. The van der Waals surface area contributed by atoms with E-state index >= 15 is 0 Å². The topological polar surface area (TPSA) is 29.5 Å². The van der Waals surface area contributed by atoms with Crippen LogP contribution in [-0.4, -0.2) is 11.7 Å². The SMILES string of the molecule is CCOc1ccc(C(O)C(C)(C)C)c(F)c1F. The third-order valence-corrected chi connectivity index (χ3v) is 2.49. The van der Waals surface area contributed by atoms with Crippen LogP contribution in [0.15, 0.2) is 12.1 Å². The molecule has 0 heterocycles. The van der Waals surface area contributed by atoms with Crippen molar-refractivity contribution in [2.45, 2.75) is 33.8 Å². The first-order valence-corrected chi connectivity index (χ1v) is 5.57. The lowest BCUT2D eigenvalue weighted by molar-refractivity contribution is 0.0587. The third kappa shape index (κ3) is 2.94. The lowest BCUT2D eigenvalue weighted by Gasteiger charge is -2.26. The minimum atomic E-state index is -1.06. The molecule has 1 unspecified atom stereocenters. The van der Waals surface area contributed by atoms with Crippen LogP contribution in [0.25, 0.3) is 0 Å². The zero-order valence-corrected chi connectivity index (χ0v) is 10.6. The van der Waals surface area contributed by atoms with Gasteiger partial charge < -0.3 is 9.84 Å². The minimum Gasteiger partial charge on any atom is -0.491 e. The van der Waals surface area contributed by atoms with Gasteiger partial charge in [0, 0.05) is 5.56 Å². The van der Waals surface area contributed by atoms with Gasteiger partial charge >= 0.3 is 0 Å². The first kappa shape index (κ1) is 13.9. The lowest BCUT2D eigenvalue weighted by atomic mass is 9.84. The summed E-state index contributed by atoms with van der Waals surface area (Å²) in [6.07, 6.45) is -1.06. The van der Waals surface area contributed by atoms with Gasteiger partial charge in [-0.2, -0.15) is 4.39 Å². The van der Waals surface area contributed by atoms with Crippen molar-refractivity contribution in [1.29, 1.82) is 0 Å². The van der Waals surface area contributed by atoms with Gasteiger partial charge in [0.1, 0.15) is 0 Å². The second-order valence-electron chi connectivity index (χ2n) is 4.98. The van der Waals surface area contributed by atoms with Crippen molar-refractivity contribution in [3.05, 3.63) is 29.3 Å². The molecule has 96 valence electrons. The standard InChI is InChI=1S/C13H18F2O2/c1-5-17-9-7-6-8(10(14)11(9)15)12(16)13(2,3)4/h6-7,12,16H,5H2,1-4H3. The number of aliphatic hydroxyl groups is 1. The Morgan fingerprint density at radius 1 is 1.24 bits per heavy atom. The van der Waals surface area contributed by atoms with Crippen LogP contribution in [0.5, 0.6) is 5.75 Å². The summed E-state index contributed by atoms with van der Waals surface area (Å²) in [5, 5.41) is 9.94. The van der Waals surface area contributed by atoms with Gasteiger partial charge in [0.2, 0.25) is 5.82 Å². The zero-order valence-electron chi connectivity index (χ0n) is 10.6. The van der Waals surface area contributed by atoms with E-state index in [2.05, 4.69) is 0 Å². The van der Waals surface area contributed by atoms with Crippen molar-refractivity contribution in [1.82, 2.24) is 0 Å². The highest BCUT2D eigenvalue weighted by atomic mass is 19.2. The summed E-state index contributed by atoms with van der Waals surface area (Å²) in [6.45, 7) is 7.22. The van der Waals surface area contributed by atoms with Gasteiger partial charge in [0.05, 0.1) is 12.7 Å². The first-order chi connectivity index (χ1) is 7.79. The molecule has 1 atom stereocenters. The van der Waals surface area contributed by atoms with Crippen molar-refractivity contribution in [2.75, 3.05) is 6.61 Å². The maximum Gasteiger partial charge on any atom is 0.200 e. The van der Waals surface area contributed by atoms with Crippen LogP contribution >= 0.6 is 0 Å². The van der Waals surface area contributed by atoms with E-state index in [1.54, 1.807) is 27.7 Å². The average Bonchev–Trinajstić information content (AvgIpc) is 2.23. The smallest absolute Gasteiger partial charge is 0.200 e. The monoisotopic (exact) mass is 244 g/mol. The number of aliphatic hydroxyl groups excluding tert-OH is 1. The van der Waals surface area contributed by atoms with E-state index in [-0.39, 0.29) is 17.9 Å². The van der Waals surface area contributed by atoms with E-state index in [4.69, 9.17) is 4.74 Å². The molecule has 0 radical (unpaired) electrons. The fourth-order valence-corrected chi connectivity index (χ4v) is 1.49. The van der Waals surface area contributed by atoms with Gasteiger partial charge in [-0.3, -0.25) is 0 Å². The van der Waals surface area contributed by atoms with E-state index in [9.17, 15) is 13.9 Å². The Morgan fingerprint density at radius 2 is 1.82 bits per heavy atom. The van der Waals surface area contributed by atoms with Crippen molar-refractivity contribution in [3.63, 3.8) is 0 Å². The molecule has 0 aliphatic rings. The van der Waals surface area contributed by atoms with Gasteiger partial charge in [0.15, 0.2) is 11.6 Å². The number of halogens is 2. The van der Waals surface area contributed by atoms with Gasteiger partial charge in [-0.15, -0.1) is 0 Å². The van der Waals surface area contributed by atoms with Crippen LogP contribution in [0.3, 0.4) is 0 Å². The molecule has 1 rings (SSSR count). The van der Waals surface area contributed by atoms with Crippen molar-refractivity contribution >= 4 is 0 Å². The maximum atomic E-state index is 13.8. The minimum absolute atomic E-state index is 0.0431. The van der Waals surface area contributed by atoms with E-state index in [1.165, 1.54) is 12.1 Å².